The van der Waals surface area contributed by atoms with Crippen LogP contribution in [0.5, 0.6) is 0 Å². The molecule has 0 radical (unpaired) electrons. The fraction of sp³-hybridized carbons (Fsp3) is 0.261. The second-order valence-corrected chi connectivity index (χ2v) is 7.42. The van der Waals surface area contributed by atoms with Crippen molar-refractivity contribution in [3.05, 3.63) is 65.9 Å². The number of carbonyl (C=O) groups excluding carboxylic acids is 3. The third kappa shape index (κ3) is 3.78. The maximum absolute atomic E-state index is 12.9. The summed E-state index contributed by atoms with van der Waals surface area (Å²) < 4.78 is 0. The van der Waals surface area contributed by atoms with Gasteiger partial charge in [0.05, 0.1) is 5.56 Å². The number of hydrogen-bond acceptors (Lipinski definition) is 3. The van der Waals surface area contributed by atoms with Gasteiger partial charge in [-0.3, -0.25) is 14.4 Å². The van der Waals surface area contributed by atoms with Crippen LogP contribution in [0.4, 0.5) is 5.69 Å². The zero-order chi connectivity index (χ0) is 20.4. The van der Waals surface area contributed by atoms with Crippen LogP contribution in [0.15, 0.2) is 54.6 Å². The Bertz CT molecular complexity index is 1060. The minimum absolute atomic E-state index is 0.0397. The van der Waals surface area contributed by atoms with Crippen LogP contribution in [0.3, 0.4) is 0 Å². The largest absolute Gasteiger partial charge is 0.358 e. The van der Waals surface area contributed by atoms with Crippen molar-refractivity contribution >= 4 is 34.2 Å². The summed E-state index contributed by atoms with van der Waals surface area (Å²) >= 11 is 0. The standard InChI is InChI=1S/C23H23N3O3/c1-15-20(18-9-5-6-10-19(18)24-15)21(27)23(29)26-13-11-16(12-14-26)22(28)25-17-7-3-2-4-8-17/h2-10,16,24H,11-14H2,1H3,(H,25,28). The Morgan fingerprint density at radius 1 is 0.966 bits per heavy atom. The smallest absolute Gasteiger partial charge is 0.295 e. The van der Waals surface area contributed by atoms with Crippen LogP contribution in [0.2, 0.25) is 0 Å². The van der Waals surface area contributed by atoms with Crippen molar-refractivity contribution in [3.63, 3.8) is 0 Å². The number of benzene rings is 2. The molecule has 3 aromatic rings. The average Bonchev–Trinajstić information content (AvgIpc) is 3.09. The Kier molecular flexibility index (Phi) is 5.16. The van der Waals surface area contributed by atoms with E-state index in [1.54, 1.807) is 11.8 Å². The molecule has 148 valence electrons. The first kappa shape index (κ1) is 18.9. The second-order valence-electron chi connectivity index (χ2n) is 7.42. The molecule has 2 N–H and O–H groups in total. The molecule has 0 aliphatic carbocycles. The molecule has 2 heterocycles. The maximum atomic E-state index is 12.9. The van der Waals surface area contributed by atoms with Gasteiger partial charge in [-0.25, -0.2) is 0 Å². The van der Waals surface area contributed by atoms with E-state index in [-0.39, 0.29) is 11.8 Å². The summed E-state index contributed by atoms with van der Waals surface area (Å²) in [6.07, 6.45) is 1.09. The first-order chi connectivity index (χ1) is 14.0. The molecule has 1 fully saturated rings. The number of Topliss-reactive ketones (excluding diaryl/α,β-unsaturated/α-hetero) is 1. The van der Waals surface area contributed by atoms with Crippen molar-refractivity contribution in [2.24, 2.45) is 5.92 Å². The van der Waals surface area contributed by atoms with Crippen LogP contribution in [0, 0.1) is 12.8 Å². The van der Waals surface area contributed by atoms with Gasteiger partial charge in [-0.2, -0.15) is 0 Å². The first-order valence-electron chi connectivity index (χ1n) is 9.81. The molecule has 0 unspecified atom stereocenters. The van der Waals surface area contributed by atoms with Crippen LogP contribution < -0.4 is 5.32 Å². The van der Waals surface area contributed by atoms with E-state index in [4.69, 9.17) is 0 Å². The Morgan fingerprint density at radius 2 is 1.62 bits per heavy atom. The lowest BCUT2D eigenvalue weighted by molar-refractivity contribution is -0.130. The number of H-pyrrole nitrogens is 1. The zero-order valence-electron chi connectivity index (χ0n) is 16.3. The molecular formula is C23H23N3O3. The number of aryl methyl sites for hydroxylation is 1. The number of ketones is 1. The van der Waals surface area contributed by atoms with Gasteiger partial charge in [0.15, 0.2) is 0 Å². The van der Waals surface area contributed by atoms with Crippen LogP contribution in [-0.4, -0.2) is 40.6 Å². The summed E-state index contributed by atoms with van der Waals surface area (Å²) in [5, 5.41) is 3.68. The molecule has 0 atom stereocenters. The normalized spacial score (nSPS) is 14.7. The topological polar surface area (TPSA) is 82.3 Å². The fourth-order valence-corrected chi connectivity index (χ4v) is 3.93. The zero-order valence-corrected chi connectivity index (χ0v) is 16.3. The summed E-state index contributed by atoms with van der Waals surface area (Å²) in [4.78, 5) is 42.9. The van der Waals surface area contributed by atoms with Crippen LogP contribution in [0.1, 0.15) is 28.9 Å². The maximum Gasteiger partial charge on any atom is 0.295 e. The number of aromatic amines is 1. The predicted octanol–water partition coefficient (Wildman–Crippen LogP) is 3.54. The number of para-hydroxylation sites is 2. The molecule has 2 amide bonds. The van der Waals surface area contributed by atoms with E-state index >= 15 is 0 Å². The Morgan fingerprint density at radius 3 is 2.34 bits per heavy atom. The van der Waals surface area contributed by atoms with E-state index in [0.29, 0.717) is 37.2 Å². The van der Waals surface area contributed by atoms with Gasteiger partial charge < -0.3 is 15.2 Å². The van der Waals surface area contributed by atoms with Crippen LogP contribution in [0.25, 0.3) is 10.9 Å². The Labute approximate surface area is 168 Å². The quantitative estimate of drug-likeness (QED) is 0.529. The molecule has 29 heavy (non-hydrogen) atoms. The van der Waals surface area contributed by atoms with Gasteiger partial charge in [0, 0.05) is 41.3 Å². The number of nitrogens with one attached hydrogen (secondary N) is 2. The second kappa shape index (κ2) is 7.91. The molecule has 2 aromatic carbocycles. The number of fused-ring (bicyclic) bond motifs is 1. The highest BCUT2D eigenvalue weighted by molar-refractivity contribution is 6.45. The Hall–Kier alpha value is -3.41. The summed E-state index contributed by atoms with van der Waals surface area (Å²) in [5.74, 6) is -1.20. The third-order valence-corrected chi connectivity index (χ3v) is 5.51. The number of hydrogen-bond donors (Lipinski definition) is 2. The fourth-order valence-electron chi connectivity index (χ4n) is 3.93. The Balaban J connectivity index is 1.40. The number of nitrogens with zero attached hydrogens (tertiary/aromatic N) is 1. The SMILES string of the molecule is Cc1[nH]c2ccccc2c1C(=O)C(=O)N1CCC(C(=O)Nc2ccccc2)CC1. The first-order valence-corrected chi connectivity index (χ1v) is 9.81. The third-order valence-electron chi connectivity index (χ3n) is 5.51. The number of aromatic nitrogens is 1. The van der Waals surface area contributed by atoms with Crippen molar-refractivity contribution < 1.29 is 14.4 Å². The van der Waals surface area contributed by atoms with E-state index in [9.17, 15) is 14.4 Å². The van der Waals surface area contributed by atoms with Gasteiger partial charge in [0.25, 0.3) is 11.7 Å². The van der Waals surface area contributed by atoms with Crippen molar-refractivity contribution in [1.29, 1.82) is 0 Å². The van der Waals surface area contributed by atoms with Crippen molar-refractivity contribution in [2.75, 3.05) is 18.4 Å². The predicted molar refractivity (Wildman–Crippen MR) is 112 cm³/mol. The summed E-state index contributed by atoms with van der Waals surface area (Å²) in [7, 11) is 0. The molecule has 0 saturated carbocycles. The van der Waals surface area contributed by atoms with E-state index in [1.165, 1.54) is 0 Å². The number of amides is 2. The van der Waals surface area contributed by atoms with E-state index in [1.807, 2.05) is 54.6 Å². The molecule has 1 aromatic heterocycles. The van der Waals surface area contributed by atoms with Gasteiger partial charge in [-0.05, 0) is 38.0 Å². The lowest BCUT2D eigenvalue weighted by atomic mass is 9.95. The van der Waals surface area contributed by atoms with E-state index in [0.717, 1.165) is 16.6 Å². The summed E-state index contributed by atoms with van der Waals surface area (Å²) in [5.41, 5.74) is 2.75. The minimum atomic E-state index is -0.500. The molecule has 1 saturated heterocycles. The highest BCUT2D eigenvalue weighted by atomic mass is 16.2. The molecule has 6 heteroatoms. The molecule has 1 aliphatic rings. The van der Waals surface area contributed by atoms with Gasteiger partial charge in [-0.15, -0.1) is 0 Å². The van der Waals surface area contributed by atoms with Crippen molar-refractivity contribution in [3.8, 4) is 0 Å². The molecule has 6 nitrogen and oxygen atoms in total. The van der Waals surface area contributed by atoms with Gasteiger partial charge in [0.1, 0.15) is 0 Å². The molecule has 0 spiro atoms. The monoisotopic (exact) mass is 389 g/mol. The van der Waals surface area contributed by atoms with Gasteiger partial charge in [0.2, 0.25) is 5.91 Å². The number of anilines is 1. The van der Waals surface area contributed by atoms with Gasteiger partial charge in [-0.1, -0.05) is 36.4 Å². The van der Waals surface area contributed by atoms with Crippen molar-refractivity contribution in [2.45, 2.75) is 19.8 Å². The lowest BCUT2D eigenvalue weighted by Crippen LogP contribution is -2.44. The van der Waals surface area contributed by atoms with Gasteiger partial charge >= 0.3 is 0 Å². The molecule has 4 rings (SSSR count). The van der Waals surface area contributed by atoms with E-state index in [2.05, 4.69) is 10.3 Å². The summed E-state index contributed by atoms with van der Waals surface area (Å²) in [6, 6.07) is 16.8. The summed E-state index contributed by atoms with van der Waals surface area (Å²) in [6.45, 7) is 2.61. The highest BCUT2D eigenvalue weighted by Gasteiger charge is 2.32. The number of likely N-dealkylation sites (tertiary alicyclic amines) is 1. The number of rotatable bonds is 4. The lowest BCUT2D eigenvalue weighted by Gasteiger charge is -2.30. The molecule has 1 aliphatic heterocycles. The van der Waals surface area contributed by atoms with Crippen LogP contribution in [-0.2, 0) is 9.59 Å². The average molecular weight is 389 g/mol. The van der Waals surface area contributed by atoms with E-state index < -0.39 is 11.7 Å². The molecular weight excluding hydrogens is 366 g/mol. The minimum Gasteiger partial charge on any atom is -0.358 e. The van der Waals surface area contributed by atoms with Crippen LogP contribution >= 0.6 is 0 Å². The number of carbonyl (C=O) groups is 3. The molecule has 0 bridgehead atoms. The van der Waals surface area contributed by atoms with Crippen molar-refractivity contribution in [1.82, 2.24) is 9.88 Å². The number of piperidine rings is 1. The highest BCUT2D eigenvalue weighted by Crippen LogP contribution is 2.25.